The Kier molecular flexibility index (Phi) is 15.6. The topological polar surface area (TPSA) is 8.81 Å². The van der Waals surface area contributed by atoms with E-state index >= 15 is 0 Å². The first-order valence-electron chi connectivity index (χ1n) is 12.4. The van der Waals surface area contributed by atoms with Crippen LogP contribution in [0.25, 0.3) is 0 Å². The van der Waals surface area contributed by atoms with Crippen molar-refractivity contribution in [2.75, 3.05) is 0 Å². The molecule has 0 saturated carbocycles. The van der Waals surface area contributed by atoms with Gasteiger partial charge in [-0.2, -0.15) is 0 Å². The van der Waals surface area contributed by atoms with Gasteiger partial charge in [-0.1, -0.05) is 91.4 Å². The maximum Gasteiger partial charge on any atom is 0.256 e. The van der Waals surface area contributed by atoms with E-state index in [1.807, 2.05) is 0 Å². The highest BCUT2D eigenvalue weighted by Gasteiger charge is 2.16. The summed E-state index contributed by atoms with van der Waals surface area (Å²) in [6.07, 6.45) is 28.1. The summed E-state index contributed by atoms with van der Waals surface area (Å²) in [4.78, 5) is 0. The van der Waals surface area contributed by atoms with Crippen molar-refractivity contribution in [2.45, 2.75) is 143 Å². The first kappa shape index (κ1) is 24.2. The van der Waals surface area contributed by atoms with E-state index in [2.05, 4.69) is 42.3 Å². The zero-order valence-electron chi connectivity index (χ0n) is 19.0. The lowest BCUT2D eigenvalue weighted by Gasteiger charge is -2.06. The summed E-state index contributed by atoms with van der Waals surface area (Å²) in [7, 11) is 0. The Labute approximate surface area is 170 Å². The molecule has 2 heteroatoms. The number of aryl methyl sites for hydroxylation is 2. The SMILES string of the molecule is CCCCCCCCCCCc1n(CCCCC)cc[n+]1CCCCCC. The fourth-order valence-electron chi connectivity index (χ4n) is 4.03. The summed E-state index contributed by atoms with van der Waals surface area (Å²) in [5.74, 6) is 1.59. The average Bonchev–Trinajstić information content (AvgIpc) is 3.06. The molecule has 0 radical (unpaired) electrons. The lowest BCUT2D eigenvalue weighted by atomic mass is 10.1. The molecule has 158 valence electrons. The number of nitrogens with zero attached hydrogens (tertiary/aromatic N) is 2. The smallest absolute Gasteiger partial charge is 0.234 e. The van der Waals surface area contributed by atoms with E-state index in [9.17, 15) is 0 Å². The van der Waals surface area contributed by atoms with Gasteiger partial charge in [-0.05, 0) is 32.1 Å². The van der Waals surface area contributed by atoms with Crippen molar-refractivity contribution in [3.8, 4) is 0 Å². The zero-order valence-corrected chi connectivity index (χ0v) is 19.0. The minimum Gasteiger partial charge on any atom is -0.234 e. The second kappa shape index (κ2) is 17.3. The molecule has 1 aromatic rings. The third-order valence-corrected chi connectivity index (χ3v) is 5.85. The van der Waals surface area contributed by atoms with Crippen LogP contribution < -0.4 is 4.57 Å². The molecule has 0 aliphatic rings. The van der Waals surface area contributed by atoms with Crippen LogP contribution >= 0.6 is 0 Å². The van der Waals surface area contributed by atoms with Crippen LogP contribution in [0.1, 0.15) is 129 Å². The molecule has 0 amide bonds. The Morgan fingerprint density at radius 1 is 0.630 bits per heavy atom. The van der Waals surface area contributed by atoms with Gasteiger partial charge in [-0.3, -0.25) is 0 Å². The van der Waals surface area contributed by atoms with Gasteiger partial charge >= 0.3 is 0 Å². The quantitative estimate of drug-likeness (QED) is 0.173. The molecule has 0 unspecified atom stereocenters. The van der Waals surface area contributed by atoms with Crippen LogP contribution in [0.5, 0.6) is 0 Å². The van der Waals surface area contributed by atoms with E-state index in [4.69, 9.17) is 0 Å². The second-order valence-electron chi connectivity index (χ2n) is 8.45. The van der Waals surface area contributed by atoms with E-state index in [0.717, 1.165) is 0 Å². The Morgan fingerprint density at radius 3 is 1.78 bits per heavy atom. The van der Waals surface area contributed by atoms with Gasteiger partial charge in [-0.25, -0.2) is 9.13 Å². The summed E-state index contributed by atoms with van der Waals surface area (Å²) < 4.78 is 5.12. The van der Waals surface area contributed by atoms with Crippen LogP contribution in [0.2, 0.25) is 0 Å². The molecule has 0 aliphatic carbocycles. The number of hydrogen-bond donors (Lipinski definition) is 0. The van der Waals surface area contributed by atoms with Crippen molar-refractivity contribution < 1.29 is 4.57 Å². The first-order valence-corrected chi connectivity index (χ1v) is 12.4. The summed E-state index contributed by atoms with van der Waals surface area (Å²) in [5.41, 5.74) is 0. The van der Waals surface area contributed by atoms with Crippen molar-refractivity contribution in [1.29, 1.82) is 0 Å². The molecule has 1 rings (SSSR count). The molecule has 1 heterocycles. The van der Waals surface area contributed by atoms with Gasteiger partial charge in [0.25, 0.3) is 5.82 Å². The monoisotopic (exact) mass is 377 g/mol. The first-order chi connectivity index (χ1) is 13.3. The van der Waals surface area contributed by atoms with Crippen LogP contribution in [0, 0.1) is 0 Å². The zero-order chi connectivity index (χ0) is 19.6. The van der Waals surface area contributed by atoms with E-state index < -0.39 is 0 Å². The molecule has 0 saturated heterocycles. The van der Waals surface area contributed by atoms with Crippen LogP contribution in [0.3, 0.4) is 0 Å². The highest BCUT2D eigenvalue weighted by molar-refractivity contribution is 4.84. The van der Waals surface area contributed by atoms with E-state index in [1.54, 1.807) is 5.82 Å². The minimum absolute atomic E-state index is 1.21. The number of unbranched alkanes of at least 4 members (excludes halogenated alkanes) is 13. The number of imidazole rings is 1. The Balaban J connectivity index is 2.35. The summed E-state index contributed by atoms with van der Waals surface area (Å²) >= 11 is 0. The predicted octanol–water partition coefficient (Wildman–Crippen LogP) is 7.62. The van der Waals surface area contributed by atoms with Gasteiger partial charge in [0, 0.05) is 6.42 Å². The molecule has 0 aromatic carbocycles. The lowest BCUT2D eigenvalue weighted by Crippen LogP contribution is -2.37. The normalized spacial score (nSPS) is 11.4. The number of hydrogen-bond acceptors (Lipinski definition) is 0. The average molecular weight is 378 g/mol. The minimum atomic E-state index is 1.21. The molecule has 1 aromatic heterocycles. The Morgan fingerprint density at radius 2 is 1.15 bits per heavy atom. The third kappa shape index (κ3) is 11.6. The van der Waals surface area contributed by atoms with Gasteiger partial charge in [0.15, 0.2) is 0 Å². The van der Waals surface area contributed by atoms with Gasteiger partial charge in [0.05, 0.1) is 13.1 Å². The number of aromatic nitrogens is 2. The van der Waals surface area contributed by atoms with Crippen molar-refractivity contribution in [3.63, 3.8) is 0 Å². The molecule has 27 heavy (non-hydrogen) atoms. The van der Waals surface area contributed by atoms with Crippen LogP contribution in [-0.2, 0) is 19.5 Å². The molecule has 0 spiro atoms. The van der Waals surface area contributed by atoms with Crippen LogP contribution in [-0.4, -0.2) is 4.57 Å². The molecule has 2 nitrogen and oxygen atoms in total. The predicted molar refractivity (Wildman–Crippen MR) is 119 cm³/mol. The van der Waals surface area contributed by atoms with Crippen LogP contribution in [0.15, 0.2) is 12.4 Å². The fraction of sp³-hybridized carbons (Fsp3) is 0.880. The van der Waals surface area contributed by atoms with E-state index in [0.29, 0.717) is 0 Å². The van der Waals surface area contributed by atoms with Crippen LogP contribution in [0.4, 0.5) is 0 Å². The molecule has 0 bridgehead atoms. The highest BCUT2D eigenvalue weighted by Crippen LogP contribution is 2.12. The molecule has 0 N–H and O–H groups in total. The number of rotatable bonds is 19. The van der Waals surface area contributed by atoms with Gasteiger partial charge in [-0.15, -0.1) is 0 Å². The van der Waals surface area contributed by atoms with E-state index in [-0.39, 0.29) is 0 Å². The fourth-order valence-corrected chi connectivity index (χ4v) is 4.03. The highest BCUT2D eigenvalue weighted by atomic mass is 15.1. The maximum absolute atomic E-state index is 2.56. The summed E-state index contributed by atoms with van der Waals surface area (Å²) in [6, 6.07) is 0. The standard InChI is InChI=1S/C25H49N2/c1-4-7-10-12-13-14-15-16-17-20-25-26(21-18-9-6-3)23-24-27(25)22-19-11-8-5-2/h23-24H,4-22H2,1-3H3/q+1. The van der Waals surface area contributed by atoms with Gasteiger partial charge in [0.2, 0.25) is 0 Å². The molecule has 0 aliphatic heterocycles. The van der Waals surface area contributed by atoms with Gasteiger partial charge in [0.1, 0.15) is 12.4 Å². The van der Waals surface area contributed by atoms with Crippen molar-refractivity contribution >= 4 is 0 Å². The van der Waals surface area contributed by atoms with E-state index in [1.165, 1.54) is 122 Å². The second-order valence-corrected chi connectivity index (χ2v) is 8.45. The summed E-state index contributed by atoms with van der Waals surface area (Å²) in [5, 5.41) is 0. The molecular weight excluding hydrogens is 328 g/mol. The van der Waals surface area contributed by atoms with Crippen molar-refractivity contribution in [1.82, 2.24) is 4.57 Å². The largest absolute Gasteiger partial charge is 0.256 e. The lowest BCUT2D eigenvalue weighted by molar-refractivity contribution is -0.704. The molecule has 0 fully saturated rings. The Hall–Kier alpha value is -0.790. The Bertz CT molecular complexity index is 436. The summed E-state index contributed by atoms with van der Waals surface area (Å²) in [6.45, 7) is 9.32. The maximum atomic E-state index is 2.56. The van der Waals surface area contributed by atoms with Crippen molar-refractivity contribution in [2.24, 2.45) is 0 Å². The van der Waals surface area contributed by atoms with Gasteiger partial charge < -0.3 is 0 Å². The molecule has 0 atom stereocenters. The molecular formula is C25H49N2+. The van der Waals surface area contributed by atoms with Crippen molar-refractivity contribution in [3.05, 3.63) is 18.2 Å². The third-order valence-electron chi connectivity index (χ3n) is 5.85.